The van der Waals surface area contributed by atoms with Crippen molar-refractivity contribution in [3.8, 4) is 0 Å². The number of nitrogens with one attached hydrogen (secondary N) is 1. The summed E-state index contributed by atoms with van der Waals surface area (Å²) in [6.45, 7) is 1.25. The summed E-state index contributed by atoms with van der Waals surface area (Å²) in [6.07, 6.45) is 3.73. The van der Waals surface area contributed by atoms with Crippen LogP contribution in [0.15, 0.2) is 59.5 Å². The lowest BCUT2D eigenvalue weighted by Crippen LogP contribution is -2.30. The molecule has 3 aromatic rings. The van der Waals surface area contributed by atoms with Crippen molar-refractivity contribution < 1.29 is 4.79 Å². The van der Waals surface area contributed by atoms with E-state index in [-0.39, 0.29) is 16.9 Å². The van der Waals surface area contributed by atoms with E-state index < -0.39 is 0 Å². The normalized spacial score (nSPS) is 13.0. The van der Waals surface area contributed by atoms with Gasteiger partial charge in [0.2, 0.25) is 5.43 Å². The second kappa shape index (κ2) is 5.96. The van der Waals surface area contributed by atoms with E-state index >= 15 is 0 Å². The van der Waals surface area contributed by atoms with Gasteiger partial charge in [0, 0.05) is 24.7 Å². The number of aryl methyl sites for hydroxylation is 2. The van der Waals surface area contributed by atoms with Gasteiger partial charge in [-0.1, -0.05) is 42.5 Å². The number of carbonyl (C=O) groups excluding carboxylic acids is 1. The standard InChI is InChI=1S/C20H18N2O2/c23-19-16-10-4-8-15-9-5-11-22(18(15)16)13-17(19)20(24)21-12-14-6-2-1-3-7-14/h1-4,6-8,10,13H,5,9,11-12H2,(H,21,24). The van der Waals surface area contributed by atoms with Gasteiger partial charge in [-0.05, 0) is 30.0 Å². The van der Waals surface area contributed by atoms with Crippen molar-refractivity contribution in [1.82, 2.24) is 9.88 Å². The van der Waals surface area contributed by atoms with Gasteiger partial charge in [0.15, 0.2) is 0 Å². The first-order valence-corrected chi connectivity index (χ1v) is 8.21. The maximum atomic E-state index is 12.8. The smallest absolute Gasteiger partial charge is 0.257 e. The molecule has 0 radical (unpaired) electrons. The largest absolute Gasteiger partial charge is 0.348 e. The van der Waals surface area contributed by atoms with Crippen LogP contribution in [0.2, 0.25) is 0 Å². The fraction of sp³-hybridized carbons (Fsp3) is 0.200. The molecule has 1 aromatic heterocycles. The Bertz CT molecular complexity index is 974. The molecule has 1 N–H and O–H groups in total. The molecule has 1 amide bonds. The minimum Gasteiger partial charge on any atom is -0.348 e. The van der Waals surface area contributed by atoms with Crippen molar-refractivity contribution in [2.45, 2.75) is 25.9 Å². The molecule has 120 valence electrons. The van der Waals surface area contributed by atoms with E-state index in [4.69, 9.17) is 0 Å². The number of para-hydroxylation sites is 1. The first-order chi connectivity index (χ1) is 11.7. The topological polar surface area (TPSA) is 51.1 Å². The summed E-state index contributed by atoms with van der Waals surface area (Å²) in [6, 6.07) is 15.5. The monoisotopic (exact) mass is 318 g/mol. The fourth-order valence-corrected chi connectivity index (χ4v) is 3.39. The zero-order valence-electron chi connectivity index (χ0n) is 13.3. The van der Waals surface area contributed by atoms with E-state index in [0.717, 1.165) is 30.5 Å². The molecule has 0 aliphatic carbocycles. The summed E-state index contributed by atoms with van der Waals surface area (Å²) >= 11 is 0. The molecular weight excluding hydrogens is 300 g/mol. The van der Waals surface area contributed by atoms with Crippen LogP contribution in [0.4, 0.5) is 0 Å². The summed E-state index contributed by atoms with van der Waals surface area (Å²) < 4.78 is 2.05. The van der Waals surface area contributed by atoms with Gasteiger partial charge in [-0.3, -0.25) is 9.59 Å². The average Bonchev–Trinajstić information content (AvgIpc) is 2.63. The lowest BCUT2D eigenvalue weighted by atomic mass is 10.00. The Hall–Kier alpha value is -2.88. The van der Waals surface area contributed by atoms with Crippen LogP contribution in [0.3, 0.4) is 0 Å². The van der Waals surface area contributed by atoms with Crippen LogP contribution in [-0.4, -0.2) is 10.5 Å². The Morgan fingerprint density at radius 3 is 2.75 bits per heavy atom. The summed E-state index contributed by atoms with van der Waals surface area (Å²) in [4.78, 5) is 25.3. The van der Waals surface area contributed by atoms with Crippen LogP contribution in [0, 0.1) is 0 Å². The molecule has 4 rings (SSSR count). The average molecular weight is 318 g/mol. The molecule has 2 heterocycles. The molecule has 4 heteroatoms. The van der Waals surface area contributed by atoms with Crippen LogP contribution in [-0.2, 0) is 19.5 Å². The summed E-state index contributed by atoms with van der Waals surface area (Å²) in [7, 11) is 0. The van der Waals surface area contributed by atoms with Crippen LogP contribution >= 0.6 is 0 Å². The number of carbonyl (C=O) groups is 1. The summed E-state index contributed by atoms with van der Waals surface area (Å²) in [5.74, 6) is -0.314. The third kappa shape index (κ3) is 2.50. The Kier molecular flexibility index (Phi) is 3.65. The molecule has 0 fully saturated rings. The third-order valence-corrected chi connectivity index (χ3v) is 4.57. The van der Waals surface area contributed by atoms with Crippen molar-refractivity contribution in [2.75, 3.05) is 0 Å². The first-order valence-electron chi connectivity index (χ1n) is 8.21. The molecule has 0 saturated carbocycles. The van der Waals surface area contributed by atoms with Crippen LogP contribution < -0.4 is 10.7 Å². The molecule has 2 aromatic carbocycles. The first kappa shape index (κ1) is 14.7. The quantitative estimate of drug-likeness (QED) is 0.807. The van der Waals surface area contributed by atoms with Gasteiger partial charge in [-0.2, -0.15) is 0 Å². The van der Waals surface area contributed by atoms with Gasteiger partial charge in [-0.25, -0.2) is 0 Å². The van der Waals surface area contributed by atoms with Gasteiger partial charge < -0.3 is 9.88 Å². The lowest BCUT2D eigenvalue weighted by Gasteiger charge is -2.20. The number of hydrogen-bond donors (Lipinski definition) is 1. The van der Waals surface area contributed by atoms with E-state index in [9.17, 15) is 9.59 Å². The second-order valence-corrected chi connectivity index (χ2v) is 6.15. The number of benzene rings is 2. The van der Waals surface area contributed by atoms with Gasteiger partial charge >= 0.3 is 0 Å². The highest BCUT2D eigenvalue weighted by Crippen LogP contribution is 2.23. The predicted octanol–water partition coefficient (Wildman–Crippen LogP) is 2.88. The van der Waals surface area contributed by atoms with Gasteiger partial charge in [0.25, 0.3) is 5.91 Å². The molecule has 24 heavy (non-hydrogen) atoms. The molecule has 0 unspecified atom stereocenters. The highest BCUT2D eigenvalue weighted by Gasteiger charge is 2.19. The lowest BCUT2D eigenvalue weighted by molar-refractivity contribution is 0.0949. The maximum absolute atomic E-state index is 12.8. The van der Waals surface area contributed by atoms with E-state index in [2.05, 4.69) is 11.4 Å². The highest BCUT2D eigenvalue weighted by molar-refractivity contribution is 5.97. The molecule has 1 aliphatic rings. The fourth-order valence-electron chi connectivity index (χ4n) is 3.39. The van der Waals surface area contributed by atoms with Crippen LogP contribution in [0.1, 0.15) is 27.9 Å². The highest BCUT2D eigenvalue weighted by atomic mass is 16.2. The zero-order chi connectivity index (χ0) is 16.5. The van der Waals surface area contributed by atoms with E-state index in [1.807, 2.05) is 47.0 Å². The van der Waals surface area contributed by atoms with Crippen molar-refractivity contribution in [1.29, 1.82) is 0 Å². The number of pyridine rings is 1. The Morgan fingerprint density at radius 1 is 1.08 bits per heavy atom. The molecule has 0 atom stereocenters. The van der Waals surface area contributed by atoms with Gasteiger partial charge in [0.05, 0.1) is 5.52 Å². The molecule has 0 saturated heterocycles. The van der Waals surface area contributed by atoms with Gasteiger partial charge in [-0.15, -0.1) is 0 Å². The minimum absolute atomic E-state index is 0.185. The Balaban J connectivity index is 1.71. The van der Waals surface area contributed by atoms with Crippen molar-refractivity contribution in [3.63, 3.8) is 0 Å². The minimum atomic E-state index is -0.314. The number of hydrogen-bond acceptors (Lipinski definition) is 2. The molecule has 0 bridgehead atoms. The van der Waals surface area contributed by atoms with Crippen LogP contribution in [0.25, 0.3) is 10.9 Å². The molecule has 0 spiro atoms. The van der Waals surface area contributed by atoms with E-state index in [0.29, 0.717) is 11.9 Å². The van der Waals surface area contributed by atoms with E-state index in [1.165, 1.54) is 5.56 Å². The maximum Gasteiger partial charge on any atom is 0.257 e. The predicted molar refractivity (Wildman–Crippen MR) is 94.1 cm³/mol. The SMILES string of the molecule is O=C(NCc1ccccc1)c1cn2c3c(cccc3c1=O)CCC2. The van der Waals surface area contributed by atoms with E-state index in [1.54, 1.807) is 6.20 Å². The Morgan fingerprint density at radius 2 is 1.92 bits per heavy atom. The number of amides is 1. The second-order valence-electron chi connectivity index (χ2n) is 6.15. The summed E-state index contributed by atoms with van der Waals surface area (Å²) in [5.41, 5.74) is 3.21. The van der Waals surface area contributed by atoms with Crippen molar-refractivity contribution in [2.24, 2.45) is 0 Å². The number of rotatable bonds is 3. The van der Waals surface area contributed by atoms with Crippen molar-refractivity contribution >= 4 is 16.8 Å². The van der Waals surface area contributed by atoms with Gasteiger partial charge in [0.1, 0.15) is 5.56 Å². The number of nitrogens with zero attached hydrogens (tertiary/aromatic N) is 1. The summed E-state index contributed by atoms with van der Waals surface area (Å²) in [5, 5.41) is 3.49. The molecule has 4 nitrogen and oxygen atoms in total. The zero-order valence-corrected chi connectivity index (χ0v) is 13.3. The number of aromatic nitrogens is 1. The third-order valence-electron chi connectivity index (χ3n) is 4.57. The Labute approximate surface area is 139 Å². The van der Waals surface area contributed by atoms with Crippen LogP contribution in [0.5, 0.6) is 0 Å². The molecule has 1 aliphatic heterocycles. The molecular formula is C20H18N2O2. The van der Waals surface area contributed by atoms with Crippen molar-refractivity contribution in [3.05, 3.63) is 81.6 Å².